The van der Waals surface area contributed by atoms with Gasteiger partial charge in [-0.2, -0.15) is 5.26 Å². The topological polar surface area (TPSA) is 77.8 Å². The molecule has 5 heteroatoms. The van der Waals surface area contributed by atoms with E-state index in [1.165, 1.54) is 0 Å². The Morgan fingerprint density at radius 3 is 2.80 bits per heavy atom. The predicted molar refractivity (Wildman–Crippen MR) is 77.6 cm³/mol. The van der Waals surface area contributed by atoms with E-state index in [2.05, 4.69) is 15.6 Å². The first-order valence-corrected chi connectivity index (χ1v) is 6.11. The van der Waals surface area contributed by atoms with E-state index in [0.29, 0.717) is 22.8 Å². The van der Waals surface area contributed by atoms with E-state index in [9.17, 15) is 4.79 Å². The lowest BCUT2D eigenvalue weighted by Gasteiger charge is -2.09. The molecule has 0 aliphatic carbocycles. The molecule has 0 saturated heterocycles. The van der Waals surface area contributed by atoms with Gasteiger partial charge in [0.2, 0.25) is 0 Å². The molecular formula is C15H14N4O. The van der Waals surface area contributed by atoms with Gasteiger partial charge < -0.3 is 10.6 Å². The van der Waals surface area contributed by atoms with Gasteiger partial charge in [-0.3, -0.25) is 4.79 Å². The number of nitrogens with zero attached hydrogens (tertiary/aromatic N) is 2. The number of pyridine rings is 1. The third-order valence-corrected chi connectivity index (χ3v) is 2.85. The van der Waals surface area contributed by atoms with Crippen LogP contribution in [0.25, 0.3) is 0 Å². The number of rotatable bonds is 3. The van der Waals surface area contributed by atoms with Crippen molar-refractivity contribution in [3.63, 3.8) is 0 Å². The highest BCUT2D eigenvalue weighted by Crippen LogP contribution is 2.17. The molecule has 1 amide bonds. The Kier molecular flexibility index (Phi) is 3.96. The standard InChI is InChI=1S/C15H14N4O/c1-10-6-7-11(9-16)8-13(10)19-15(20)12-4-3-5-14(17-2)18-12/h3-8H,1-2H3,(H,17,18)(H,19,20). The van der Waals surface area contributed by atoms with E-state index in [1.807, 2.05) is 13.0 Å². The minimum atomic E-state index is -0.305. The van der Waals surface area contributed by atoms with Crippen LogP contribution in [0, 0.1) is 18.3 Å². The molecule has 100 valence electrons. The maximum atomic E-state index is 12.1. The summed E-state index contributed by atoms with van der Waals surface area (Å²) in [7, 11) is 1.74. The van der Waals surface area contributed by atoms with Gasteiger partial charge in [0.1, 0.15) is 11.5 Å². The molecule has 0 aliphatic heterocycles. The quantitative estimate of drug-likeness (QED) is 0.895. The lowest BCUT2D eigenvalue weighted by molar-refractivity contribution is 0.102. The molecule has 20 heavy (non-hydrogen) atoms. The van der Waals surface area contributed by atoms with E-state index >= 15 is 0 Å². The molecule has 1 aromatic carbocycles. The maximum absolute atomic E-state index is 12.1. The van der Waals surface area contributed by atoms with Gasteiger partial charge in [-0.15, -0.1) is 0 Å². The Morgan fingerprint density at radius 1 is 1.30 bits per heavy atom. The third kappa shape index (κ3) is 2.93. The molecule has 2 aromatic rings. The fourth-order valence-corrected chi connectivity index (χ4v) is 1.71. The number of carbonyl (C=O) groups is 1. The number of aryl methyl sites for hydroxylation is 1. The molecule has 0 saturated carbocycles. The highest BCUT2D eigenvalue weighted by Gasteiger charge is 2.10. The van der Waals surface area contributed by atoms with Gasteiger partial charge in [0.25, 0.3) is 5.91 Å². The lowest BCUT2D eigenvalue weighted by atomic mass is 10.1. The summed E-state index contributed by atoms with van der Waals surface area (Å²) in [5.74, 6) is 0.320. The summed E-state index contributed by atoms with van der Waals surface area (Å²) in [6.07, 6.45) is 0. The summed E-state index contributed by atoms with van der Waals surface area (Å²) in [5.41, 5.74) is 2.33. The summed E-state index contributed by atoms with van der Waals surface area (Å²) in [6, 6.07) is 12.4. The van der Waals surface area contributed by atoms with Crippen LogP contribution >= 0.6 is 0 Å². The van der Waals surface area contributed by atoms with Gasteiger partial charge >= 0.3 is 0 Å². The Bertz CT molecular complexity index is 689. The van der Waals surface area contributed by atoms with Crippen molar-refractivity contribution in [2.24, 2.45) is 0 Å². The Labute approximate surface area is 117 Å². The Hall–Kier alpha value is -2.87. The van der Waals surface area contributed by atoms with Crippen LogP contribution in [0.1, 0.15) is 21.6 Å². The first kappa shape index (κ1) is 13.6. The van der Waals surface area contributed by atoms with Crippen molar-refractivity contribution in [2.45, 2.75) is 6.92 Å². The van der Waals surface area contributed by atoms with E-state index in [-0.39, 0.29) is 5.91 Å². The van der Waals surface area contributed by atoms with Gasteiger partial charge in [-0.1, -0.05) is 12.1 Å². The van der Waals surface area contributed by atoms with Crippen LogP contribution in [-0.4, -0.2) is 17.9 Å². The van der Waals surface area contributed by atoms with Crippen LogP contribution in [0.5, 0.6) is 0 Å². The van der Waals surface area contributed by atoms with Crippen LogP contribution in [0.2, 0.25) is 0 Å². The molecule has 1 aromatic heterocycles. The monoisotopic (exact) mass is 266 g/mol. The molecule has 0 fully saturated rings. The summed E-state index contributed by atoms with van der Waals surface area (Å²) >= 11 is 0. The first-order chi connectivity index (χ1) is 9.63. The number of hydrogen-bond donors (Lipinski definition) is 2. The van der Waals surface area contributed by atoms with E-state index in [1.54, 1.807) is 43.4 Å². The molecule has 0 atom stereocenters. The summed E-state index contributed by atoms with van der Waals surface area (Å²) in [5, 5.41) is 14.5. The van der Waals surface area contributed by atoms with Crippen LogP contribution in [0.4, 0.5) is 11.5 Å². The predicted octanol–water partition coefficient (Wildman–Crippen LogP) is 2.56. The second-order valence-electron chi connectivity index (χ2n) is 4.25. The Morgan fingerprint density at radius 2 is 2.10 bits per heavy atom. The summed E-state index contributed by atoms with van der Waals surface area (Å²) in [4.78, 5) is 16.3. The summed E-state index contributed by atoms with van der Waals surface area (Å²) < 4.78 is 0. The van der Waals surface area contributed by atoms with E-state index in [0.717, 1.165) is 5.56 Å². The van der Waals surface area contributed by atoms with Crippen molar-refractivity contribution in [2.75, 3.05) is 17.7 Å². The van der Waals surface area contributed by atoms with Crippen molar-refractivity contribution in [1.29, 1.82) is 5.26 Å². The zero-order valence-corrected chi connectivity index (χ0v) is 11.3. The zero-order chi connectivity index (χ0) is 14.5. The minimum Gasteiger partial charge on any atom is -0.373 e. The number of nitriles is 1. The minimum absolute atomic E-state index is 0.305. The van der Waals surface area contributed by atoms with Crippen molar-refractivity contribution in [3.05, 3.63) is 53.2 Å². The van der Waals surface area contributed by atoms with Crippen LogP contribution in [0.15, 0.2) is 36.4 Å². The molecule has 2 rings (SSSR count). The fourth-order valence-electron chi connectivity index (χ4n) is 1.71. The van der Waals surface area contributed by atoms with Gasteiger partial charge in [0, 0.05) is 12.7 Å². The second kappa shape index (κ2) is 5.85. The third-order valence-electron chi connectivity index (χ3n) is 2.85. The molecule has 0 aliphatic rings. The molecule has 2 N–H and O–H groups in total. The van der Waals surface area contributed by atoms with Crippen LogP contribution in [0.3, 0.4) is 0 Å². The molecule has 0 radical (unpaired) electrons. The number of nitrogens with one attached hydrogen (secondary N) is 2. The number of aromatic nitrogens is 1. The first-order valence-electron chi connectivity index (χ1n) is 6.11. The smallest absolute Gasteiger partial charge is 0.274 e. The van der Waals surface area contributed by atoms with Gasteiger partial charge in [0.05, 0.1) is 11.6 Å². The normalized spacial score (nSPS) is 9.65. The van der Waals surface area contributed by atoms with Gasteiger partial charge in [0.15, 0.2) is 0 Å². The number of amides is 1. The summed E-state index contributed by atoms with van der Waals surface area (Å²) in [6.45, 7) is 1.87. The lowest BCUT2D eigenvalue weighted by Crippen LogP contribution is -2.15. The number of anilines is 2. The highest BCUT2D eigenvalue weighted by atomic mass is 16.1. The van der Waals surface area contributed by atoms with Crippen molar-refractivity contribution < 1.29 is 4.79 Å². The fraction of sp³-hybridized carbons (Fsp3) is 0.133. The average molecular weight is 266 g/mol. The number of hydrogen-bond acceptors (Lipinski definition) is 4. The molecule has 0 bridgehead atoms. The molecule has 1 heterocycles. The largest absolute Gasteiger partial charge is 0.373 e. The van der Waals surface area contributed by atoms with Crippen molar-refractivity contribution >= 4 is 17.4 Å². The second-order valence-corrected chi connectivity index (χ2v) is 4.25. The van der Waals surface area contributed by atoms with E-state index < -0.39 is 0 Å². The molecular weight excluding hydrogens is 252 g/mol. The Balaban J connectivity index is 2.25. The van der Waals surface area contributed by atoms with Crippen LogP contribution in [-0.2, 0) is 0 Å². The SMILES string of the molecule is CNc1cccc(C(=O)Nc2cc(C#N)ccc2C)n1. The van der Waals surface area contributed by atoms with Gasteiger partial charge in [-0.05, 0) is 36.8 Å². The maximum Gasteiger partial charge on any atom is 0.274 e. The zero-order valence-electron chi connectivity index (χ0n) is 11.3. The van der Waals surface area contributed by atoms with Crippen LogP contribution < -0.4 is 10.6 Å². The number of carbonyl (C=O) groups excluding carboxylic acids is 1. The number of benzene rings is 1. The van der Waals surface area contributed by atoms with Gasteiger partial charge in [-0.25, -0.2) is 4.98 Å². The molecule has 0 spiro atoms. The van der Waals surface area contributed by atoms with Crippen molar-refractivity contribution in [3.8, 4) is 6.07 Å². The molecule has 0 unspecified atom stereocenters. The van der Waals surface area contributed by atoms with Crippen molar-refractivity contribution in [1.82, 2.24) is 4.98 Å². The van der Waals surface area contributed by atoms with E-state index in [4.69, 9.17) is 5.26 Å². The average Bonchev–Trinajstić information content (AvgIpc) is 2.49. The highest BCUT2D eigenvalue weighted by molar-refractivity contribution is 6.03. The molecule has 5 nitrogen and oxygen atoms in total.